The van der Waals surface area contributed by atoms with Crippen LogP contribution in [0.1, 0.15) is 96.7 Å². The summed E-state index contributed by atoms with van der Waals surface area (Å²) in [5.74, 6) is -0.739. The minimum atomic E-state index is -0.907. The monoisotopic (exact) mass is 897 g/mol. The smallest absolute Gasteiger partial charge is 0.416 e. The molecule has 2 aromatic carbocycles. The molecule has 0 saturated carbocycles. The number of hydrogen-bond donors (Lipinski definition) is 2. The van der Waals surface area contributed by atoms with E-state index < -0.39 is 36.5 Å². The molecule has 5 heterocycles. The topological polar surface area (TPSA) is 194 Å². The molecular weight excluding hydrogens is 839 g/mol. The number of nitrogens with one attached hydrogen (secondary N) is 2. The van der Waals surface area contributed by atoms with Gasteiger partial charge in [-0.3, -0.25) is 14.4 Å². The van der Waals surface area contributed by atoms with E-state index in [0.717, 1.165) is 36.8 Å². The van der Waals surface area contributed by atoms with Gasteiger partial charge in [-0.05, 0) is 74.8 Å². The van der Waals surface area contributed by atoms with Gasteiger partial charge in [-0.25, -0.2) is 19.5 Å². The van der Waals surface area contributed by atoms with Gasteiger partial charge < -0.3 is 53.1 Å². The van der Waals surface area contributed by atoms with Crippen molar-refractivity contribution in [3.05, 3.63) is 84.6 Å². The van der Waals surface area contributed by atoms with Gasteiger partial charge in [0.25, 0.3) is 11.8 Å². The van der Waals surface area contributed by atoms with E-state index in [1.54, 1.807) is 60.1 Å². The minimum absolute atomic E-state index is 0.0483. The van der Waals surface area contributed by atoms with E-state index in [2.05, 4.69) is 22.2 Å². The fourth-order valence-corrected chi connectivity index (χ4v) is 8.01. The quantitative estimate of drug-likeness (QED) is 0.0688. The summed E-state index contributed by atoms with van der Waals surface area (Å²) in [6.07, 6.45) is 7.71. The maximum Gasteiger partial charge on any atom is 0.416 e. The standard InChI is InChI=1S/C45H53N7O11.C2H6/c1-6-20-62-45(57)52-33-25-36(35(58-4)24-31(33)42(55)51-19-9-7-12-32(51)43(52)63-39-14-8-10-21-61-39)60-22-11-13-38(53)47-37-27-50(3)40(48-37)41(54)46-30-17-15-28(16-18-30)29-23-34(44(56)59-5)49(2)26-29;1-2/h6,15-18,23-27,32,39,43H,1,7-14,19-22H2,2-5H3,(H,46,54)(H,47,53);1-2H3. The van der Waals surface area contributed by atoms with Crippen LogP contribution in [0.5, 0.6) is 11.5 Å². The van der Waals surface area contributed by atoms with Crippen LogP contribution in [-0.4, -0.2) is 108 Å². The Morgan fingerprint density at radius 1 is 0.923 bits per heavy atom. The Bertz CT molecular complexity index is 2330. The first-order chi connectivity index (χ1) is 31.5. The van der Waals surface area contributed by atoms with Gasteiger partial charge in [0.05, 0.1) is 38.1 Å². The molecule has 2 fully saturated rings. The molecule has 2 aromatic heterocycles. The molecule has 18 nitrogen and oxygen atoms in total. The number of rotatable bonds is 15. The third kappa shape index (κ3) is 11.2. The number of piperidine rings is 1. The summed E-state index contributed by atoms with van der Waals surface area (Å²) in [7, 11) is 6.19. The van der Waals surface area contributed by atoms with Gasteiger partial charge in [-0.1, -0.05) is 38.6 Å². The van der Waals surface area contributed by atoms with Crippen LogP contribution < -0.4 is 25.0 Å². The molecule has 0 radical (unpaired) electrons. The Morgan fingerprint density at radius 3 is 2.40 bits per heavy atom. The number of nitrogens with zero attached hydrogens (tertiary/aromatic N) is 5. The average molecular weight is 898 g/mol. The first-order valence-corrected chi connectivity index (χ1v) is 22.0. The van der Waals surface area contributed by atoms with E-state index in [0.29, 0.717) is 37.4 Å². The molecule has 3 unspecified atom stereocenters. The number of esters is 1. The van der Waals surface area contributed by atoms with E-state index in [4.69, 9.17) is 28.4 Å². The van der Waals surface area contributed by atoms with Crippen LogP contribution in [-0.2, 0) is 37.8 Å². The maximum atomic E-state index is 14.2. The molecule has 0 spiro atoms. The number of anilines is 3. The zero-order valence-corrected chi connectivity index (χ0v) is 37.9. The van der Waals surface area contributed by atoms with Gasteiger partial charge in [-0.15, -0.1) is 0 Å². The summed E-state index contributed by atoms with van der Waals surface area (Å²) in [5.41, 5.74) is 3.07. The Kier molecular flexibility index (Phi) is 16.4. The van der Waals surface area contributed by atoms with Crippen LogP contribution in [0.3, 0.4) is 0 Å². The van der Waals surface area contributed by atoms with Gasteiger partial charge in [0, 0.05) is 63.4 Å². The molecule has 0 aliphatic carbocycles. The highest BCUT2D eigenvalue weighted by Crippen LogP contribution is 2.42. The second kappa shape index (κ2) is 22.3. The van der Waals surface area contributed by atoms with E-state index in [1.807, 2.05) is 32.2 Å². The van der Waals surface area contributed by atoms with Crippen LogP contribution in [0.4, 0.5) is 22.0 Å². The van der Waals surface area contributed by atoms with E-state index in [9.17, 15) is 24.0 Å². The number of amides is 4. The van der Waals surface area contributed by atoms with Crippen LogP contribution in [0, 0.1) is 0 Å². The summed E-state index contributed by atoms with van der Waals surface area (Å²) in [4.78, 5) is 73.9. The second-order valence-electron chi connectivity index (χ2n) is 15.4. The Morgan fingerprint density at radius 2 is 1.69 bits per heavy atom. The van der Waals surface area contributed by atoms with Crippen LogP contribution in [0.2, 0.25) is 0 Å². The lowest BCUT2D eigenvalue weighted by molar-refractivity contribution is -0.198. The number of imidazole rings is 1. The van der Waals surface area contributed by atoms with Gasteiger partial charge in [-0.2, -0.15) is 0 Å². The predicted molar refractivity (Wildman–Crippen MR) is 242 cm³/mol. The maximum absolute atomic E-state index is 14.2. The third-order valence-corrected chi connectivity index (χ3v) is 11.1. The molecule has 65 heavy (non-hydrogen) atoms. The highest BCUT2D eigenvalue weighted by atomic mass is 16.7. The van der Waals surface area contributed by atoms with Crippen LogP contribution >= 0.6 is 0 Å². The Balaban J connectivity index is 0.00000345. The van der Waals surface area contributed by atoms with Crippen molar-refractivity contribution in [2.45, 2.75) is 83.8 Å². The fraction of sp³-hybridized carbons (Fsp3) is 0.447. The molecule has 4 aromatic rings. The number of carbonyl (C=O) groups excluding carboxylic acids is 5. The predicted octanol–water partition coefficient (Wildman–Crippen LogP) is 7.30. The summed E-state index contributed by atoms with van der Waals surface area (Å²) in [6.45, 7) is 8.73. The second-order valence-corrected chi connectivity index (χ2v) is 15.4. The molecule has 3 atom stereocenters. The van der Waals surface area contributed by atoms with Crippen LogP contribution in [0.25, 0.3) is 11.1 Å². The lowest BCUT2D eigenvalue weighted by atomic mass is 10.00. The van der Waals surface area contributed by atoms with E-state index in [1.165, 1.54) is 29.8 Å². The molecule has 7 rings (SSSR count). The first-order valence-electron chi connectivity index (χ1n) is 22.0. The molecule has 0 bridgehead atoms. The lowest BCUT2D eigenvalue weighted by Crippen LogP contribution is -2.57. The largest absolute Gasteiger partial charge is 0.493 e. The average Bonchev–Trinajstić information content (AvgIpc) is 3.88. The van der Waals surface area contributed by atoms with Crippen LogP contribution in [0.15, 0.2) is 67.5 Å². The van der Waals surface area contributed by atoms with Crippen molar-refractivity contribution in [3.63, 3.8) is 0 Å². The number of hydrogen-bond acceptors (Lipinski definition) is 12. The summed E-state index contributed by atoms with van der Waals surface area (Å²) in [6, 6.07) is 11.5. The van der Waals surface area contributed by atoms with Crippen molar-refractivity contribution in [2.75, 3.05) is 56.1 Å². The van der Waals surface area contributed by atoms with Gasteiger partial charge in [0.2, 0.25) is 11.7 Å². The number of methoxy groups -OCH3 is 2. The normalized spacial score (nSPS) is 17.9. The Hall–Kier alpha value is -6.66. The summed E-state index contributed by atoms with van der Waals surface area (Å²) in [5, 5.41) is 5.56. The summed E-state index contributed by atoms with van der Waals surface area (Å²) >= 11 is 0. The fourth-order valence-electron chi connectivity index (χ4n) is 8.01. The number of benzene rings is 2. The molecule has 4 amide bonds. The van der Waals surface area contributed by atoms with Crippen molar-refractivity contribution in [1.29, 1.82) is 0 Å². The number of fused-ring (bicyclic) bond motifs is 2. The van der Waals surface area contributed by atoms with Crippen molar-refractivity contribution < 1.29 is 52.4 Å². The van der Waals surface area contributed by atoms with Crippen molar-refractivity contribution >= 4 is 47.0 Å². The van der Waals surface area contributed by atoms with Gasteiger partial charge in [0.15, 0.2) is 29.8 Å². The molecule has 3 aliphatic heterocycles. The highest BCUT2D eigenvalue weighted by molar-refractivity contribution is 6.06. The zero-order valence-electron chi connectivity index (χ0n) is 37.9. The zero-order chi connectivity index (χ0) is 46.6. The SMILES string of the molecule is C=CCOC(=O)N1c2cc(OCCCC(=O)Nc3cn(C)c(C(=O)Nc4ccc(-c5cc(C(=O)OC)n(C)c5)cc4)n3)c(OC)cc2C(=O)N2CCCCC2C1OC1CCCCO1.CC. The van der Waals surface area contributed by atoms with Crippen molar-refractivity contribution in [3.8, 4) is 22.6 Å². The van der Waals surface area contributed by atoms with Crippen molar-refractivity contribution in [2.24, 2.45) is 14.1 Å². The molecule has 2 N–H and O–H groups in total. The third-order valence-electron chi connectivity index (χ3n) is 11.1. The molecule has 2 saturated heterocycles. The van der Waals surface area contributed by atoms with Crippen molar-refractivity contribution in [1.82, 2.24) is 19.0 Å². The minimum Gasteiger partial charge on any atom is -0.493 e. The number of carbonyl (C=O) groups is 5. The summed E-state index contributed by atoms with van der Waals surface area (Å²) < 4.78 is 38.0. The lowest BCUT2D eigenvalue weighted by Gasteiger charge is -2.42. The van der Waals surface area contributed by atoms with E-state index in [-0.39, 0.29) is 72.3 Å². The number of aromatic nitrogens is 3. The van der Waals surface area contributed by atoms with E-state index >= 15 is 0 Å². The first kappa shape index (κ1) is 47.8. The highest BCUT2D eigenvalue weighted by Gasteiger charge is 2.47. The number of ether oxygens (including phenoxy) is 6. The van der Waals surface area contributed by atoms with Gasteiger partial charge in [0.1, 0.15) is 12.3 Å². The molecule has 348 valence electrons. The molecule has 3 aliphatic rings. The molecular formula is C47H59N7O11. The van der Waals surface area contributed by atoms with Gasteiger partial charge >= 0.3 is 12.1 Å². The number of aryl methyl sites for hydroxylation is 2. The molecule has 18 heteroatoms. The Labute approximate surface area is 378 Å².